The molecule has 1 aliphatic rings. The van der Waals surface area contributed by atoms with Crippen LogP contribution in [-0.4, -0.2) is 44.1 Å². The summed E-state index contributed by atoms with van der Waals surface area (Å²) >= 11 is 0. The highest BCUT2D eigenvalue weighted by Crippen LogP contribution is 2.23. The number of amides is 1. The lowest BCUT2D eigenvalue weighted by molar-refractivity contribution is 0.0663. The lowest BCUT2D eigenvalue weighted by atomic mass is 10.0. The van der Waals surface area contributed by atoms with Crippen LogP contribution in [-0.2, 0) is 0 Å². The molecule has 1 amide bonds. The largest absolute Gasteiger partial charge is 0.336 e. The molecule has 3 aromatic rings. The predicted molar refractivity (Wildman–Crippen MR) is 93.8 cm³/mol. The number of nitrogens with zero attached hydrogens (tertiary/aromatic N) is 5. The van der Waals surface area contributed by atoms with Crippen LogP contribution < -0.4 is 0 Å². The van der Waals surface area contributed by atoms with Gasteiger partial charge in [0.1, 0.15) is 11.6 Å². The zero-order valence-corrected chi connectivity index (χ0v) is 14.4. The molecule has 0 unspecified atom stereocenters. The van der Waals surface area contributed by atoms with Crippen LogP contribution in [0.1, 0.15) is 29.2 Å². The van der Waals surface area contributed by atoms with Gasteiger partial charge in [0.25, 0.3) is 5.91 Å². The zero-order valence-electron chi connectivity index (χ0n) is 14.4. The van der Waals surface area contributed by atoms with Gasteiger partial charge in [0.2, 0.25) is 5.82 Å². The van der Waals surface area contributed by atoms with Crippen LogP contribution in [0.3, 0.4) is 0 Å². The number of hydrogen-bond donors (Lipinski definition) is 0. The number of carbonyl (C=O) groups is 1. The smallest absolute Gasteiger partial charge is 0.253 e. The number of likely N-dealkylation sites (tertiary alicyclic amines) is 1. The average molecular weight is 369 g/mol. The van der Waals surface area contributed by atoms with Crippen LogP contribution in [0.4, 0.5) is 8.78 Å². The van der Waals surface area contributed by atoms with Gasteiger partial charge < -0.3 is 4.90 Å². The number of benzene rings is 2. The van der Waals surface area contributed by atoms with E-state index in [9.17, 15) is 13.6 Å². The van der Waals surface area contributed by atoms with Crippen molar-refractivity contribution < 1.29 is 13.6 Å². The van der Waals surface area contributed by atoms with Crippen LogP contribution in [0.15, 0.2) is 48.5 Å². The number of tetrazole rings is 1. The van der Waals surface area contributed by atoms with Crippen molar-refractivity contribution in [3.63, 3.8) is 0 Å². The predicted octanol–water partition coefficient (Wildman–Crippen LogP) is 3.10. The van der Waals surface area contributed by atoms with Crippen molar-refractivity contribution in [2.24, 2.45) is 0 Å². The maximum atomic E-state index is 13.1. The van der Waals surface area contributed by atoms with Gasteiger partial charge in [-0.15, -0.1) is 10.2 Å². The third-order valence-corrected chi connectivity index (χ3v) is 4.63. The Morgan fingerprint density at radius 2 is 1.67 bits per heavy atom. The minimum Gasteiger partial charge on any atom is -0.336 e. The second kappa shape index (κ2) is 7.22. The Labute approximate surface area is 154 Å². The monoisotopic (exact) mass is 369 g/mol. The van der Waals surface area contributed by atoms with E-state index in [-0.39, 0.29) is 23.6 Å². The Morgan fingerprint density at radius 1 is 1.00 bits per heavy atom. The summed E-state index contributed by atoms with van der Waals surface area (Å²) in [5.74, 6) is -0.424. The molecule has 8 heteroatoms. The number of rotatable bonds is 3. The van der Waals surface area contributed by atoms with Gasteiger partial charge in [0.15, 0.2) is 0 Å². The molecular weight excluding hydrogens is 352 g/mol. The molecule has 27 heavy (non-hydrogen) atoms. The standard InChI is InChI=1S/C19H17F2N5O/c20-15-7-3-13(4-8-15)18-22-24-26(23-18)17-2-1-11-25(12-17)19(27)14-5-9-16(21)10-6-14/h3-10,17H,1-2,11-12H2/t17-/m0/s1. The van der Waals surface area contributed by atoms with E-state index in [2.05, 4.69) is 15.4 Å². The second-order valence-corrected chi connectivity index (χ2v) is 6.49. The highest BCUT2D eigenvalue weighted by molar-refractivity contribution is 5.94. The summed E-state index contributed by atoms with van der Waals surface area (Å²) in [6.07, 6.45) is 1.64. The molecule has 1 atom stereocenters. The van der Waals surface area contributed by atoms with Gasteiger partial charge in [-0.05, 0) is 66.6 Å². The fourth-order valence-electron chi connectivity index (χ4n) is 3.20. The van der Waals surface area contributed by atoms with E-state index >= 15 is 0 Å². The Bertz CT molecular complexity index is 939. The van der Waals surface area contributed by atoms with Crippen LogP contribution in [0.25, 0.3) is 11.4 Å². The summed E-state index contributed by atoms with van der Waals surface area (Å²) in [6.45, 7) is 1.08. The number of piperidine rings is 1. The van der Waals surface area contributed by atoms with Gasteiger partial charge in [-0.25, -0.2) is 8.78 Å². The quantitative estimate of drug-likeness (QED) is 0.712. The van der Waals surface area contributed by atoms with Crippen LogP contribution in [0.2, 0.25) is 0 Å². The number of carbonyl (C=O) groups excluding carboxylic acids is 1. The first kappa shape index (κ1) is 17.3. The molecule has 1 fully saturated rings. The summed E-state index contributed by atoms with van der Waals surface area (Å²) in [4.78, 5) is 15.9. The minimum atomic E-state index is -0.372. The summed E-state index contributed by atoms with van der Waals surface area (Å²) in [5, 5.41) is 12.6. The Balaban J connectivity index is 1.49. The first-order valence-electron chi connectivity index (χ1n) is 8.70. The first-order valence-corrected chi connectivity index (χ1v) is 8.70. The third kappa shape index (κ3) is 3.69. The van der Waals surface area contributed by atoms with Gasteiger partial charge >= 0.3 is 0 Å². The van der Waals surface area contributed by atoms with Crippen molar-refractivity contribution >= 4 is 5.91 Å². The molecule has 0 spiro atoms. The van der Waals surface area contributed by atoms with E-state index in [1.54, 1.807) is 17.0 Å². The van der Waals surface area contributed by atoms with Gasteiger partial charge in [-0.2, -0.15) is 4.80 Å². The molecule has 0 saturated carbocycles. The molecule has 1 saturated heterocycles. The minimum absolute atomic E-state index is 0.0927. The normalized spacial score (nSPS) is 17.1. The molecule has 0 aliphatic carbocycles. The highest BCUT2D eigenvalue weighted by atomic mass is 19.1. The maximum Gasteiger partial charge on any atom is 0.253 e. The van der Waals surface area contributed by atoms with E-state index in [0.29, 0.717) is 30.0 Å². The third-order valence-electron chi connectivity index (χ3n) is 4.63. The Hall–Kier alpha value is -3.16. The number of aromatic nitrogens is 4. The fraction of sp³-hybridized carbons (Fsp3) is 0.263. The van der Waals surface area contributed by atoms with Crippen molar-refractivity contribution in [3.8, 4) is 11.4 Å². The van der Waals surface area contributed by atoms with Crippen LogP contribution >= 0.6 is 0 Å². The van der Waals surface area contributed by atoms with E-state index in [4.69, 9.17) is 0 Å². The van der Waals surface area contributed by atoms with Gasteiger partial charge in [0, 0.05) is 24.2 Å². The zero-order chi connectivity index (χ0) is 18.8. The van der Waals surface area contributed by atoms with Crippen LogP contribution in [0, 0.1) is 11.6 Å². The number of hydrogen-bond acceptors (Lipinski definition) is 4. The summed E-state index contributed by atoms with van der Waals surface area (Å²) in [7, 11) is 0. The van der Waals surface area contributed by atoms with Gasteiger partial charge in [-0.1, -0.05) is 0 Å². The summed E-state index contributed by atoms with van der Waals surface area (Å²) in [6, 6.07) is 11.3. The molecule has 138 valence electrons. The topological polar surface area (TPSA) is 63.9 Å². The highest BCUT2D eigenvalue weighted by Gasteiger charge is 2.27. The van der Waals surface area contributed by atoms with E-state index in [1.165, 1.54) is 41.2 Å². The van der Waals surface area contributed by atoms with E-state index < -0.39 is 0 Å². The summed E-state index contributed by atoms with van der Waals surface area (Å²) < 4.78 is 26.1. The first-order chi connectivity index (χ1) is 13.1. The SMILES string of the molecule is O=C(c1ccc(F)cc1)N1CCC[C@H](n2nnc(-c3ccc(F)cc3)n2)C1. The second-order valence-electron chi connectivity index (χ2n) is 6.49. The van der Waals surface area contributed by atoms with Crippen molar-refractivity contribution in [1.29, 1.82) is 0 Å². The molecule has 0 N–H and O–H groups in total. The van der Waals surface area contributed by atoms with Crippen molar-refractivity contribution in [2.45, 2.75) is 18.9 Å². The molecule has 6 nitrogen and oxygen atoms in total. The lowest BCUT2D eigenvalue weighted by Crippen LogP contribution is -2.41. The molecule has 2 heterocycles. The molecular formula is C19H17F2N5O. The van der Waals surface area contributed by atoms with Crippen molar-refractivity contribution in [2.75, 3.05) is 13.1 Å². The maximum absolute atomic E-state index is 13.1. The molecule has 4 rings (SSSR count). The van der Waals surface area contributed by atoms with E-state index in [0.717, 1.165) is 12.8 Å². The van der Waals surface area contributed by atoms with Crippen molar-refractivity contribution in [1.82, 2.24) is 25.1 Å². The molecule has 0 radical (unpaired) electrons. The number of halogens is 2. The van der Waals surface area contributed by atoms with Crippen LogP contribution in [0.5, 0.6) is 0 Å². The van der Waals surface area contributed by atoms with Crippen molar-refractivity contribution in [3.05, 3.63) is 65.7 Å². The lowest BCUT2D eigenvalue weighted by Gasteiger charge is -2.31. The van der Waals surface area contributed by atoms with Gasteiger partial charge in [0.05, 0.1) is 6.04 Å². The average Bonchev–Trinajstić information content (AvgIpc) is 3.19. The molecule has 2 aromatic carbocycles. The van der Waals surface area contributed by atoms with E-state index in [1.807, 2.05) is 0 Å². The molecule has 1 aliphatic heterocycles. The fourth-order valence-corrected chi connectivity index (χ4v) is 3.20. The molecule has 1 aromatic heterocycles. The van der Waals surface area contributed by atoms with Gasteiger partial charge in [-0.3, -0.25) is 4.79 Å². The Kier molecular flexibility index (Phi) is 4.62. The summed E-state index contributed by atoms with van der Waals surface area (Å²) in [5.41, 5.74) is 1.13. The Morgan fingerprint density at radius 3 is 2.37 bits per heavy atom. The molecule has 0 bridgehead atoms.